The number of benzene rings is 1. The fraction of sp³-hybridized carbons (Fsp3) is 0.231. The highest BCUT2D eigenvalue weighted by molar-refractivity contribution is 7.09. The summed E-state index contributed by atoms with van der Waals surface area (Å²) in [6.45, 7) is 1.29. The molecule has 0 unspecified atom stereocenters. The number of carbonyl (C=O) groups excluding carboxylic acids is 1. The summed E-state index contributed by atoms with van der Waals surface area (Å²) in [5.74, 6) is 0.143. The van der Waals surface area contributed by atoms with Crippen LogP contribution in [-0.4, -0.2) is 10.8 Å². The number of nitrogens with zero attached hydrogens (tertiary/aromatic N) is 1. The first-order valence-electron chi connectivity index (χ1n) is 5.43. The quantitative estimate of drug-likeness (QED) is 0.780. The van der Waals surface area contributed by atoms with E-state index in [1.54, 1.807) is 11.7 Å². The van der Waals surface area contributed by atoms with Gasteiger partial charge in [-0.3, -0.25) is 9.78 Å². The third-order valence-electron chi connectivity index (χ3n) is 2.86. The molecular weight excluding hydrogens is 234 g/mol. The van der Waals surface area contributed by atoms with Gasteiger partial charge in [0.2, 0.25) is 0 Å². The van der Waals surface area contributed by atoms with Gasteiger partial charge in [-0.05, 0) is 17.2 Å². The molecule has 3 rings (SSSR count). The zero-order chi connectivity index (χ0) is 11.7. The van der Waals surface area contributed by atoms with Crippen LogP contribution in [0, 0.1) is 0 Å². The molecule has 17 heavy (non-hydrogen) atoms. The Morgan fingerprint density at radius 3 is 3.06 bits per heavy atom. The van der Waals surface area contributed by atoms with Gasteiger partial charge in [-0.2, -0.15) is 0 Å². The number of rotatable bonds is 3. The van der Waals surface area contributed by atoms with Gasteiger partial charge in [-0.15, -0.1) is 11.3 Å². The Morgan fingerprint density at radius 2 is 2.24 bits per heavy atom. The second-order valence-corrected chi connectivity index (χ2v) is 5.01. The molecule has 0 N–H and O–H groups in total. The van der Waals surface area contributed by atoms with Gasteiger partial charge in [0, 0.05) is 23.1 Å². The van der Waals surface area contributed by atoms with Crippen LogP contribution in [0.2, 0.25) is 0 Å². The summed E-state index contributed by atoms with van der Waals surface area (Å²) in [5, 5.41) is 0. The van der Waals surface area contributed by atoms with Crippen LogP contribution in [0.25, 0.3) is 0 Å². The average molecular weight is 245 g/mol. The number of ketones is 1. The SMILES string of the molecule is O=C(Cc1cncs1)c1ccc2c(c1)COC2. The van der Waals surface area contributed by atoms with Crippen molar-refractivity contribution in [2.45, 2.75) is 19.6 Å². The fourth-order valence-corrected chi connectivity index (χ4v) is 2.53. The highest BCUT2D eigenvalue weighted by Gasteiger charge is 2.14. The topological polar surface area (TPSA) is 39.2 Å². The highest BCUT2D eigenvalue weighted by Crippen LogP contribution is 2.22. The Kier molecular flexibility index (Phi) is 2.74. The van der Waals surface area contributed by atoms with Crippen LogP contribution < -0.4 is 0 Å². The Balaban J connectivity index is 1.82. The molecule has 0 spiro atoms. The highest BCUT2D eigenvalue weighted by atomic mass is 32.1. The molecular formula is C13H11NO2S. The molecule has 3 nitrogen and oxygen atoms in total. The second-order valence-electron chi connectivity index (χ2n) is 4.04. The van der Waals surface area contributed by atoms with E-state index in [0.29, 0.717) is 19.6 Å². The van der Waals surface area contributed by atoms with Gasteiger partial charge < -0.3 is 4.74 Å². The zero-order valence-electron chi connectivity index (χ0n) is 9.18. The number of carbonyl (C=O) groups is 1. The number of hydrogen-bond donors (Lipinski definition) is 0. The van der Waals surface area contributed by atoms with Gasteiger partial charge in [0.15, 0.2) is 5.78 Å². The minimum Gasteiger partial charge on any atom is -0.372 e. The van der Waals surface area contributed by atoms with Gasteiger partial charge in [0.25, 0.3) is 0 Å². The maximum Gasteiger partial charge on any atom is 0.168 e. The van der Waals surface area contributed by atoms with E-state index >= 15 is 0 Å². The van der Waals surface area contributed by atoms with Gasteiger partial charge in [0.1, 0.15) is 0 Å². The van der Waals surface area contributed by atoms with Gasteiger partial charge in [-0.1, -0.05) is 12.1 Å². The van der Waals surface area contributed by atoms with Crippen molar-refractivity contribution >= 4 is 17.1 Å². The van der Waals surface area contributed by atoms with Crippen LogP contribution in [0.5, 0.6) is 0 Å². The molecule has 1 aliphatic heterocycles. The molecule has 0 fully saturated rings. The smallest absolute Gasteiger partial charge is 0.168 e. The number of fused-ring (bicyclic) bond motifs is 1. The van der Waals surface area contributed by atoms with E-state index < -0.39 is 0 Å². The lowest BCUT2D eigenvalue weighted by Gasteiger charge is -2.02. The molecule has 0 atom stereocenters. The number of Topliss-reactive ketones (excluding diaryl/α,β-unsaturated/α-hetero) is 1. The molecule has 1 aromatic carbocycles. The van der Waals surface area contributed by atoms with Crippen LogP contribution in [0.4, 0.5) is 0 Å². The largest absolute Gasteiger partial charge is 0.372 e. The van der Waals surface area contributed by atoms with Crippen LogP contribution >= 0.6 is 11.3 Å². The Hall–Kier alpha value is -1.52. The molecule has 2 heterocycles. The maximum absolute atomic E-state index is 12.0. The summed E-state index contributed by atoms with van der Waals surface area (Å²) in [5.41, 5.74) is 4.85. The van der Waals surface area contributed by atoms with Crippen molar-refractivity contribution in [3.05, 3.63) is 51.5 Å². The monoisotopic (exact) mass is 245 g/mol. The summed E-state index contributed by atoms with van der Waals surface area (Å²) in [6.07, 6.45) is 2.18. The second kappa shape index (κ2) is 4.39. The van der Waals surface area contributed by atoms with E-state index in [9.17, 15) is 4.79 Å². The Labute approximate surface area is 103 Å². The van der Waals surface area contributed by atoms with Crippen molar-refractivity contribution in [1.29, 1.82) is 0 Å². The van der Waals surface area contributed by atoms with Crippen molar-refractivity contribution in [3.63, 3.8) is 0 Å². The standard InChI is InChI=1S/C13H11NO2S/c15-13(4-12-5-14-8-17-12)9-1-2-10-6-16-7-11(10)3-9/h1-3,5,8H,4,6-7H2. The van der Waals surface area contributed by atoms with E-state index in [-0.39, 0.29) is 5.78 Å². The molecule has 2 aromatic rings. The Bertz CT molecular complexity index is 549. The predicted octanol–water partition coefficient (Wildman–Crippen LogP) is 2.60. The van der Waals surface area contributed by atoms with Crippen LogP contribution in [0.3, 0.4) is 0 Å². The van der Waals surface area contributed by atoms with E-state index in [4.69, 9.17) is 4.74 Å². The first-order valence-corrected chi connectivity index (χ1v) is 6.31. The third kappa shape index (κ3) is 2.14. The number of aromatic nitrogens is 1. The summed E-state index contributed by atoms with van der Waals surface area (Å²) in [7, 11) is 0. The average Bonchev–Trinajstić information content (AvgIpc) is 2.97. The van der Waals surface area contributed by atoms with Gasteiger partial charge >= 0.3 is 0 Å². The van der Waals surface area contributed by atoms with Crippen LogP contribution in [0.15, 0.2) is 29.9 Å². The molecule has 0 amide bonds. The van der Waals surface area contributed by atoms with E-state index in [2.05, 4.69) is 4.98 Å². The first kappa shape index (κ1) is 10.6. The lowest BCUT2D eigenvalue weighted by molar-refractivity contribution is 0.0993. The molecule has 1 aliphatic rings. The summed E-state index contributed by atoms with van der Waals surface area (Å²) >= 11 is 1.51. The minimum atomic E-state index is 0.143. The summed E-state index contributed by atoms with van der Waals surface area (Å²) in [4.78, 5) is 17.0. The van der Waals surface area contributed by atoms with Crippen molar-refractivity contribution in [2.24, 2.45) is 0 Å². The Morgan fingerprint density at radius 1 is 1.35 bits per heavy atom. The third-order valence-corrected chi connectivity index (χ3v) is 3.64. The number of hydrogen-bond acceptors (Lipinski definition) is 4. The van der Waals surface area contributed by atoms with Crippen LogP contribution in [-0.2, 0) is 24.4 Å². The normalized spacial score (nSPS) is 13.6. The number of thiazole rings is 1. The van der Waals surface area contributed by atoms with E-state index in [1.165, 1.54) is 16.9 Å². The van der Waals surface area contributed by atoms with Gasteiger partial charge in [0.05, 0.1) is 18.7 Å². The molecule has 1 aromatic heterocycles. The first-order chi connectivity index (χ1) is 8.33. The van der Waals surface area contributed by atoms with Crippen molar-refractivity contribution in [3.8, 4) is 0 Å². The fourth-order valence-electron chi connectivity index (χ4n) is 1.94. The van der Waals surface area contributed by atoms with E-state index in [0.717, 1.165) is 16.0 Å². The zero-order valence-corrected chi connectivity index (χ0v) is 10.00. The predicted molar refractivity (Wildman–Crippen MR) is 65.1 cm³/mol. The molecule has 4 heteroatoms. The van der Waals surface area contributed by atoms with Crippen molar-refractivity contribution in [2.75, 3.05) is 0 Å². The van der Waals surface area contributed by atoms with E-state index in [1.807, 2.05) is 18.2 Å². The number of ether oxygens (including phenoxy) is 1. The minimum absolute atomic E-state index is 0.143. The molecule has 0 saturated heterocycles. The van der Waals surface area contributed by atoms with Crippen LogP contribution in [0.1, 0.15) is 26.4 Å². The maximum atomic E-state index is 12.0. The van der Waals surface area contributed by atoms with Crippen molar-refractivity contribution < 1.29 is 9.53 Å². The lowest BCUT2D eigenvalue weighted by atomic mass is 10.0. The van der Waals surface area contributed by atoms with Crippen molar-refractivity contribution in [1.82, 2.24) is 4.98 Å². The molecule has 0 radical (unpaired) electrons. The molecule has 0 bridgehead atoms. The lowest BCUT2D eigenvalue weighted by Crippen LogP contribution is -2.03. The molecule has 86 valence electrons. The summed E-state index contributed by atoms with van der Waals surface area (Å²) in [6, 6.07) is 5.82. The molecule has 0 aliphatic carbocycles. The van der Waals surface area contributed by atoms with Gasteiger partial charge in [-0.25, -0.2) is 0 Å². The summed E-state index contributed by atoms with van der Waals surface area (Å²) < 4.78 is 5.34. The molecule has 0 saturated carbocycles.